The quantitative estimate of drug-likeness (QED) is 0.751. The lowest BCUT2D eigenvalue weighted by molar-refractivity contribution is 0.638. The molecule has 0 aliphatic heterocycles. The number of nitrogens with one attached hydrogen (secondary N) is 1. The summed E-state index contributed by atoms with van der Waals surface area (Å²) >= 11 is 0. The zero-order chi connectivity index (χ0) is 9.97. The van der Waals surface area contributed by atoms with Gasteiger partial charge in [-0.2, -0.15) is 0 Å². The molecule has 1 aromatic carbocycles. The lowest BCUT2D eigenvalue weighted by Gasteiger charge is -2.18. The van der Waals surface area contributed by atoms with Crippen molar-refractivity contribution in [1.29, 1.82) is 0 Å². The van der Waals surface area contributed by atoms with Gasteiger partial charge in [-0.1, -0.05) is 12.1 Å². The molecule has 0 unspecified atom stereocenters. The van der Waals surface area contributed by atoms with Gasteiger partial charge in [-0.3, -0.25) is 0 Å². The van der Waals surface area contributed by atoms with E-state index in [-0.39, 0.29) is 0 Å². The summed E-state index contributed by atoms with van der Waals surface area (Å²) in [5.74, 6) is 0. The molecular formula is C12H18N2. The van der Waals surface area contributed by atoms with Crippen molar-refractivity contribution in [3.63, 3.8) is 0 Å². The largest absolute Gasteiger partial charge is 0.381 e. The Balaban J connectivity index is 2.03. The average Bonchev–Trinajstić information content (AvgIpc) is 2.52. The minimum Gasteiger partial charge on any atom is -0.381 e. The highest BCUT2D eigenvalue weighted by atomic mass is 15.0. The molecule has 2 atom stereocenters. The lowest BCUT2D eigenvalue weighted by Crippen LogP contribution is -2.35. The first kappa shape index (κ1) is 9.53. The summed E-state index contributed by atoms with van der Waals surface area (Å²) in [4.78, 5) is 0. The zero-order valence-corrected chi connectivity index (χ0v) is 8.66. The van der Waals surface area contributed by atoms with Crippen LogP contribution in [-0.4, -0.2) is 12.1 Å². The first-order chi connectivity index (χ1) is 6.75. The van der Waals surface area contributed by atoms with Crippen LogP contribution in [0.2, 0.25) is 0 Å². The standard InChI is InChI=1S/C12H18N2/c1-9-4-2-5-10(8-9)14-12-7-3-6-11(12)13/h2,4-5,8,11-12,14H,3,6-7,13H2,1H3/t11-,12-/m1/s1. The number of benzene rings is 1. The van der Waals surface area contributed by atoms with Gasteiger partial charge in [-0.15, -0.1) is 0 Å². The van der Waals surface area contributed by atoms with E-state index in [4.69, 9.17) is 5.73 Å². The number of rotatable bonds is 2. The van der Waals surface area contributed by atoms with E-state index in [1.54, 1.807) is 0 Å². The van der Waals surface area contributed by atoms with Crippen LogP contribution in [0.5, 0.6) is 0 Å². The van der Waals surface area contributed by atoms with Gasteiger partial charge in [0, 0.05) is 17.8 Å². The van der Waals surface area contributed by atoms with Gasteiger partial charge in [-0.05, 0) is 43.9 Å². The van der Waals surface area contributed by atoms with E-state index >= 15 is 0 Å². The Morgan fingerprint density at radius 3 is 2.86 bits per heavy atom. The topological polar surface area (TPSA) is 38.0 Å². The Morgan fingerprint density at radius 1 is 1.36 bits per heavy atom. The maximum absolute atomic E-state index is 6.00. The number of aryl methyl sites for hydroxylation is 1. The third kappa shape index (κ3) is 2.07. The van der Waals surface area contributed by atoms with Crippen molar-refractivity contribution < 1.29 is 0 Å². The zero-order valence-electron chi connectivity index (χ0n) is 8.66. The monoisotopic (exact) mass is 190 g/mol. The Morgan fingerprint density at radius 2 is 2.21 bits per heavy atom. The van der Waals surface area contributed by atoms with E-state index in [2.05, 4.69) is 36.5 Å². The molecule has 0 saturated heterocycles. The van der Waals surface area contributed by atoms with Crippen molar-refractivity contribution >= 4 is 5.69 Å². The molecular weight excluding hydrogens is 172 g/mol. The highest BCUT2D eigenvalue weighted by Crippen LogP contribution is 2.21. The van der Waals surface area contributed by atoms with Crippen molar-refractivity contribution in [2.45, 2.75) is 38.3 Å². The fourth-order valence-corrected chi connectivity index (χ4v) is 2.12. The van der Waals surface area contributed by atoms with Crippen molar-refractivity contribution in [2.24, 2.45) is 5.73 Å². The Hall–Kier alpha value is -1.02. The van der Waals surface area contributed by atoms with Crippen molar-refractivity contribution in [2.75, 3.05) is 5.32 Å². The van der Waals surface area contributed by atoms with Gasteiger partial charge < -0.3 is 11.1 Å². The fourth-order valence-electron chi connectivity index (χ4n) is 2.12. The van der Waals surface area contributed by atoms with E-state index in [0.717, 1.165) is 6.42 Å². The molecule has 3 N–H and O–H groups in total. The third-order valence-electron chi connectivity index (χ3n) is 2.94. The molecule has 2 heteroatoms. The molecule has 0 heterocycles. The first-order valence-corrected chi connectivity index (χ1v) is 5.34. The van der Waals surface area contributed by atoms with Crippen LogP contribution >= 0.6 is 0 Å². The second-order valence-corrected chi connectivity index (χ2v) is 4.22. The summed E-state index contributed by atoms with van der Waals surface area (Å²) in [5, 5.41) is 3.51. The van der Waals surface area contributed by atoms with Crippen LogP contribution in [0.1, 0.15) is 24.8 Å². The molecule has 1 aliphatic rings. The van der Waals surface area contributed by atoms with Crippen molar-refractivity contribution in [3.8, 4) is 0 Å². The fraction of sp³-hybridized carbons (Fsp3) is 0.500. The van der Waals surface area contributed by atoms with Gasteiger partial charge in [0.1, 0.15) is 0 Å². The highest BCUT2D eigenvalue weighted by molar-refractivity contribution is 5.46. The normalized spacial score (nSPS) is 26.4. The molecule has 14 heavy (non-hydrogen) atoms. The average molecular weight is 190 g/mol. The Bertz CT molecular complexity index is 309. The molecule has 0 aromatic heterocycles. The van der Waals surface area contributed by atoms with Crippen LogP contribution in [-0.2, 0) is 0 Å². The first-order valence-electron chi connectivity index (χ1n) is 5.34. The second-order valence-electron chi connectivity index (χ2n) is 4.22. The molecule has 1 aliphatic carbocycles. The van der Waals surface area contributed by atoms with Gasteiger partial charge in [-0.25, -0.2) is 0 Å². The number of anilines is 1. The van der Waals surface area contributed by atoms with E-state index < -0.39 is 0 Å². The van der Waals surface area contributed by atoms with Crippen LogP contribution in [0, 0.1) is 6.92 Å². The Kier molecular flexibility index (Phi) is 2.73. The van der Waals surface area contributed by atoms with Gasteiger partial charge in [0.05, 0.1) is 0 Å². The third-order valence-corrected chi connectivity index (χ3v) is 2.94. The smallest absolute Gasteiger partial charge is 0.0412 e. The minimum atomic E-state index is 0.329. The predicted molar refractivity (Wildman–Crippen MR) is 60.4 cm³/mol. The molecule has 2 nitrogen and oxygen atoms in total. The molecule has 2 rings (SSSR count). The second kappa shape index (κ2) is 4.01. The number of hydrogen-bond donors (Lipinski definition) is 2. The molecule has 1 saturated carbocycles. The lowest BCUT2D eigenvalue weighted by atomic mass is 10.1. The molecule has 76 valence electrons. The maximum Gasteiger partial charge on any atom is 0.0412 e. The molecule has 0 amide bonds. The van der Waals surface area contributed by atoms with Crippen LogP contribution in [0.3, 0.4) is 0 Å². The molecule has 1 aromatic rings. The van der Waals surface area contributed by atoms with E-state index in [9.17, 15) is 0 Å². The molecule has 1 fully saturated rings. The van der Waals surface area contributed by atoms with Crippen LogP contribution in [0.15, 0.2) is 24.3 Å². The van der Waals surface area contributed by atoms with Crippen LogP contribution < -0.4 is 11.1 Å². The van der Waals surface area contributed by atoms with E-state index in [1.807, 2.05) is 0 Å². The number of nitrogens with two attached hydrogens (primary N) is 1. The van der Waals surface area contributed by atoms with Gasteiger partial charge >= 0.3 is 0 Å². The summed E-state index contributed by atoms with van der Waals surface area (Å²) in [6, 6.07) is 9.27. The SMILES string of the molecule is Cc1cccc(N[C@@H]2CCC[C@H]2N)c1. The summed E-state index contributed by atoms with van der Waals surface area (Å²) in [7, 11) is 0. The van der Waals surface area contributed by atoms with Gasteiger partial charge in [0.2, 0.25) is 0 Å². The number of hydrogen-bond acceptors (Lipinski definition) is 2. The van der Waals surface area contributed by atoms with E-state index in [1.165, 1.54) is 24.1 Å². The predicted octanol–water partition coefficient (Wildman–Crippen LogP) is 2.29. The van der Waals surface area contributed by atoms with Crippen molar-refractivity contribution in [3.05, 3.63) is 29.8 Å². The molecule has 0 radical (unpaired) electrons. The maximum atomic E-state index is 6.00. The molecule has 0 spiro atoms. The summed E-state index contributed by atoms with van der Waals surface area (Å²) in [6.45, 7) is 2.11. The molecule has 0 bridgehead atoms. The van der Waals surface area contributed by atoms with E-state index in [0.29, 0.717) is 12.1 Å². The minimum absolute atomic E-state index is 0.329. The van der Waals surface area contributed by atoms with Gasteiger partial charge in [0.15, 0.2) is 0 Å². The van der Waals surface area contributed by atoms with Gasteiger partial charge in [0.25, 0.3) is 0 Å². The van der Waals surface area contributed by atoms with Crippen molar-refractivity contribution in [1.82, 2.24) is 0 Å². The summed E-state index contributed by atoms with van der Waals surface area (Å²) < 4.78 is 0. The summed E-state index contributed by atoms with van der Waals surface area (Å²) in [6.07, 6.45) is 3.61. The van der Waals surface area contributed by atoms with Crippen LogP contribution in [0.25, 0.3) is 0 Å². The highest BCUT2D eigenvalue weighted by Gasteiger charge is 2.23. The van der Waals surface area contributed by atoms with Crippen LogP contribution in [0.4, 0.5) is 5.69 Å². The summed E-state index contributed by atoms with van der Waals surface area (Å²) in [5.41, 5.74) is 8.50. The Labute approximate surface area is 85.5 Å².